The van der Waals surface area contributed by atoms with Crippen LogP contribution >= 0.6 is 0 Å². The van der Waals surface area contributed by atoms with Gasteiger partial charge in [-0.15, -0.1) is 0 Å². The molecular weight excluding hydrogens is 212 g/mol. The second-order valence-electron chi connectivity index (χ2n) is 5.17. The van der Waals surface area contributed by atoms with Gasteiger partial charge < -0.3 is 10.6 Å². The molecule has 0 aromatic heterocycles. The fourth-order valence-corrected chi connectivity index (χ4v) is 2.71. The summed E-state index contributed by atoms with van der Waals surface area (Å²) in [5.74, 6) is 0.746. The fraction of sp³-hybridized carbons (Fsp3) is 0.500. The van der Waals surface area contributed by atoms with Crippen molar-refractivity contribution in [1.82, 2.24) is 0 Å². The number of rotatable bonds is 2. The van der Waals surface area contributed by atoms with Gasteiger partial charge >= 0.3 is 0 Å². The van der Waals surface area contributed by atoms with Gasteiger partial charge in [-0.3, -0.25) is 4.79 Å². The van der Waals surface area contributed by atoms with Crippen LogP contribution in [-0.2, 0) is 0 Å². The van der Waals surface area contributed by atoms with Crippen molar-refractivity contribution in [1.29, 1.82) is 0 Å². The van der Waals surface area contributed by atoms with Gasteiger partial charge in [0.1, 0.15) is 0 Å². The molecule has 3 nitrogen and oxygen atoms in total. The van der Waals surface area contributed by atoms with Crippen LogP contribution in [0.1, 0.15) is 37.6 Å². The molecule has 0 saturated carbocycles. The van der Waals surface area contributed by atoms with E-state index < -0.39 is 0 Å². The Balaban J connectivity index is 2.29. The number of hydrogen-bond acceptors (Lipinski definition) is 3. The van der Waals surface area contributed by atoms with Crippen molar-refractivity contribution in [3.63, 3.8) is 0 Å². The first-order valence-corrected chi connectivity index (χ1v) is 6.16. The second kappa shape index (κ2) is 4.40. The van der Waals surface area contributed by atoms with Gasteiger partial charge in [-0.1, -0.05) is 6.92 Å². The number of carbonyl (C=O) groups excluding carboxylic acids is 1. The van der Waals surface area contributed by atoms with Crippen LogP contribution in [0.25, 0.3) is 0 Å². The largest absolute Gasteiger partial charge is 0.398 e. The van der Waals surface area contributed by atoms with Gasteiger partial charge in [0.15, 0.2) is 5.78 Å². The van der Waals surface area contributed by atoms with Gasteiger partial charge in [-0.2, -0.15) is 0 Å². The Morgan fingerprint density at radius 1 is 1.41 bits per heavy atom. The first kappa shape index (κ1) is 12.0. The van der Waals surface area contributed by atoms with Crippen LogP contribution in [0, 0.1) is 5.92 Å². The van der Waals surface area contributed by atoms with Gasteiger partial charge in [-0.05, 0) is 44.4 Å². The second-order valence-corrected chi connectivity index (χ2v) is 5.17. The first-order valence-electron chi connectivity index (χ1n) is 6.16. The van der Waals surface area contributed by atoms with Crippen molar-refractivity contribution in [3.05, 3.63) is 23.8 Å². The molecule has 0 aliphatic carbocycles. The molecule has 0 bridgehead atoms. The molecule has 1 heterocycles. The number of carbonyl (C=O) groups is 1. The zero-order valence-electron chi connectivity index (χ0n) is 10.7. The van der Waals surface area contributed by atoms with Gasteiger partial charge in [0.2, 0.25) is 0 Å². The Morgan fingerprint density at radius 3 is 2.59 bits per heavy atom. The number of anilines is 2. The summed E-state index contributed by atoms with van der Waals surface area (Å²) >= 11 is 0. The van der Waals surface area contributed by atoms with Crippen molar-refractivity contribution in [2.24, 2.45) is 5.92 Å². The SMILES string of the molecule is CC(=O)c1ccc(N2CC(C)CC2C)cc1N. The van der Waals surface area contributed by atoms with Gasteiger partial charge in [0, 0.05) is 29.5 Å². The molecule has 1 saturated heterocycles. The quantitative estimate of drug-likeness (QED) is 0.630. The molecule has 2 unspecified atom stereocenters. The van der Waals surface area contributed by atoms with Crippen molar-refractivity contribution in [2.45, 2.75) is 33.2 Å². The highest BCUT2D eigenvalue weighted by Crippen LogP contribution is 2.30. The zero-order valence-corrected chi connectivity index (χ0v) is 10.7. The normalized spacial score (nSPS) is 24.1. The minimum Gasteiger partial charge on any atom is -0.398 e. The van der Waals surface area contributed by atoms with Crippen LogP contribution in [0.3, 0.4) is 0 Å². The summed E-state index contributed by atoms with van der Waals surface area (Å²) < 4.78 is 0. The minimum absolute atomic E-state index is 0.0249. The van der Waals surface area contributed by atoms with E-state index in [9.17, 15) is 4.79 Å². The molecule has 0 amide bonds. The van der Waals surface area contributed by atoms with E-state index in [0.717, 1.165) is 18.2 Å². The molecular formula is C14H20N2O. The third-order valence-corrected chi connectivity index (χ3v) is 3.53. The Morgan fingerprint density at radius 2 is 2.12 bits per heavy atom. The first-order chi connectivity index (χ1) is 7.99. The number of nitrogens with zero attached hydrogens (tertiary/aromatic N) is 1. The van der Waals surface area contributed by atoms with Crippen LogP contribution in [0.4, 0.5) is 11.4 Å². The topological polar surface area (TPSA) is 46.3 Å². The molecule has 92 valence electrons. The van der Waals surface area contributed by atoms with Crippen LogP contribution in [-0.4, -0.2) is 18.4 Å². The summed E-state index contributed by atoms with van der Waals surface area (Å²) in [5, 5.41) is 0. The van der Waals surface area contributed by atoms with Crippen molar-refractivity contribution >= 4 is 17.2 Å². The Kier molecular flexibility index (Phi) is 3.09. The Bertz CT molecular complexity index is 442. The molecule has 0 spiro atoms. The molecule has 1 aromatic carbocycles. The molecule has 1 aliphatic rings. The van der Waals surface area contributed by atoms with E-state index >= 15 is 0 Å². The van der Waals surface area contributed by atoms with E-state index in [0.29, 0.717) is 17.3 Å². The van der Waals surface area contributed by atoms with Gasteiger partial charge in [0.05, 0.1) is 0 Å². The highest BCUT2D eigenvalue weighted by molar-refractivity contribution is 5.99. The number of nitrogen functional groups attached to an aromatic ring is 1. The molecule has 1 fully saturated rings. The highest BCUT2D eigenvalue weighted by Gasteiger charge is 2.26. The maximum absolute atomic E-state index is 11.3. The standard InChI is InChI=1S/C14H20N2O/c1-9-6-10(2)16(8-9)12-4-5-13(11(3)17)14(15)7-12/h4-5,7,9-10H,6,8,15H2,1-3H3. The lowest BCUT2D eigenvalue weighted by molar-refractivity contribution is 0.101. The lowest BCUT2D eigenvalue weighted by atomic mass is 10.1. The molecule has 2 N–H and O–H groups in total. The summed E-state index contributed by atoms with van der Waals surface area (Å²) in [7, 11) is 0. The summed E-state index contributed by atoms with van der Waals surface area (Å²) in [4.78, 5) is 13.7. The number of nitrogens with two attached hydrogens (primary N) is 1. The van der Waals surface area contributed by atoms with Crippen LogP contribution in [0.15, 0.2) is 18.2 Å². The highest BCUT2D eigenvalue weighted by atomic mass is 16.1. The summed E-state index contributed by atoms with van der Waals surface area (Å²) in [5.41, 5.74) is 8.26. The molecule has 2 rings (SSSR count). The van der Waals surface area contributed by atoms with E-state index in [1.807, 2.05) is 18.2 Å². The molecule has 17 heavy (non-hydrogen) atoms. The van der Waals surface area contributed by atoms with E-state index in [2.05, 4.69) is 18.7 Å². The van der Waals surface area contributed by atoms with Crippen molar-refractivity contribution in [3.8, 4) is 0 Å². The van der Waals surface area contributed by atoms with Crippen molar-refractivity contribution < 1.29 is 4.79 Å². The third-order valence-electron chi connectivity index (χ3n) is 3.53. The number of hydrogen-bond donors (Lipinski definition) is 1. The smallest absolute Gasteiger partial charge is 0.161 e. The molecule has 1 aliphatic heterocycles. The average Bonchev–Trinajstić information content (AvgIpc) is 2.57. The molecule has 0 radical (unpaired) electrons. The van der Waals surface area contributed by atoms with Crippen LogP contribution in [0.2, 0.25) is 0 Å². The lowest BCUT2D eigenvalue weighted by Gasteiger charge is -2.24. The predicted octanol–water partition coefficient (Wildman–Crippen LogP) is 2.71. The molecule has 3 heteroatoms. The predicted molar refractivity (Wildman–Crippen MR) is 71.4 cm³/mol. The van der Waals surface area contributed by atoms with Gasteiger partial charge in [0.25, 0.3) is 0 Å². The monoisotopic (exact) mass is 232 g/mol. The van der Waals surface area contributed by atoms with Crippen LogP contribution in [0.5, 0.6) is 0 Å². The van der Waals surface area contributed by atoms with Crippen LogP contribution < -0.4 is 10.6 Å². The maximum atomic E-state index is 11.3. The number of Topliss-reactive ketones (excluding diaryl/α,β-unsaturated/α-hetero) is 1. The van der Waals surface area contributed by atoms with Crippen molar-refractivity contribution in [2.75, 3.05) is 17.2 Å². The lowest BCUT2D eigenvalue weighted by Crippen LogP contribution is -2.26. The third kappa shape index (κ3) is 2.28. The molecule has 2 atom stereocenters. The van der Waals surface area contributed by atoms with E-state index in [1.165, 1.54) is 6.42 Å². The summed E-state index contributed by atoms with van der Waals surface area (Å²) in [6.45, 7) is 7.12. The van der Waals surface area contributed by atoms with E-state index in [4.69, 9.17) is 5.73 Å². The van der Waals surface area contributed by atoms with Gasteiger partial charge in [-0.25, -0.2) is 0 Å². The van der Waals surface area contributed by atoms with E-state index in [1.54, 1.807) is 6.92 Å². The Labute approximate surface area is 103 Å². The Hall–Kier alpha value is -1.51. The minimum atomic E-state index is 0.0249. The zero-order chi connectivity index (χ0) is 12.6. The molecule has 1 aromatic rings. The maximum Gasteiger partial charge on any atom is 0.161 e. The number of ketones is 1. The summed E-state index contributed by atoms with van der Waals surface area (Å²) in [6, 6.07) is 6.31. The average molecular weight is 232 g/mol. The summed E-state index contributed by atoms with van der Waals surface area (Å²) in [6.07, 6.45) is 1.22. The fourth-order valence-electron chi connectivity index (χ4n) is 2.71. The van der Waals surface area contributed by atoms with E-state index in [-0.39, 0.29) is 5.78 Å². The number of benzene rings is 1.